The van der Waals surface area contributed by atoms with Crippen molar-refractivity contribution in [3.8, 4) is 0 Å². The molecule has 1 unspecified atom stereocenters. The van der Waals surface area contributed by atoms with Crippen LogP contribution in [0, 0.1) is 29.1 Å². The van der Waals surface area contributed by atoms with Gasteiger partial charge in [-0.05, 0) is 6.92 Å². The van der Waals surface area contributed by atoms with Crippen LogP contribution in [0.2, 0.25) is 0 Å². The van der Waals surface area contributed by atoms with Crippen molar-refractivity contribution in [2.45, 2.75) is 13.0 Å². The van der Waals surface area contributed by atoms with Gasteiger partial charge < -0.3 is 0 Å². The maximum absolute atomic E-state index is 13.2. The first kappa shape index (κ1) is 14.8. The van der Waals surface area contributed by atoms with Gasteiger partial charge in [0.25, 0.3) is 0 Å². The predicted molar refractivity (Wildman–Crippen MR) is 47.3 cm³/mol. The molecule has 1 aromatic rings. The second-order valence-corrected chi connectivity index (χ2v) is 4.20. The highest BCUT2D eigenvalue weighted by Gasteiger charge is 2.30. The van der Waals surface area contributed by atoms with Crippen LogP contribution in [0.15, 0.2) is 0 Å². The van der Waals surface area contributed by atoms with Crippen LogP contribution in [0.4, 0.5) is 22.0 Å². The van der Waals surface area contributed by atoms with Crippen molar-refractivity contribution in [3.63, 3.8) is 0 Å². The molecule has 0 amide bonds. The molecule has 4 nitrogen and oxygen atoms in total. The summed E-state index contributed by atoms with van der Waals surface area (Å²) in [4.78, 5) is 0. The summed E-state index contributed by atoms with van der Waals surface area (Å²) in [5.41, 5.74) is -1.50. The van der Waals surface area contributed by atoms with Crippen molar-refractivity contribution >= 4 is 10.4 Å². The molecule has 1 N–H and O–H groups in total. The summed E-state index contributed by atoms with van der Waals surface area (Å²) in [5, 5.41) is 0. The molecule has 1 rings (SSSR count). The molecular formula is C8H5F5O4S. The summed E-state index contributed by atoms with van der Waals surface area (Å²) in [7, 11) is -5.11. The van der Waals surface area contributed by atoms with Gasteiger partial charge in [-0.1, -0.05) is 0 Å². The molecule has 0 bridgehead atoms. The third-order valence-electron chi connectivity index (χ3n) is 1.92. The molecule has 0 radical (unpaired) electrons. The van der Waals surface area contributed by atoms with Crippen LogP contribution in [0.3, 0.4) is 0 Å². The lowest BCUT2D eigenvalue weighted by Crippen LogP contribution is -2.15. The zero-order chi connectivity index (χ0) is 14.2. The van der Waals surface area contributed by atoms with E-state index in [-0.39, 0.29) is 0 Å². The zero-order valence-corrected chi connectivity index (χ0v) is 9.36. The highest BCUT2D eigenvalue weighted by Crippen LogP contribution is 2.29. The summed E-state index contributed by atoms with van der Waals surface area (Å²) in [6.07, 6.45) is -2.09. The fourth-order valence-electron chi connectivity index (χ4n) is 1.21. The van der Waals surface area contributed by atoms with Gasteiger partial charge in [-0.3, -0.25) is 4.55 Å². The summed E-state index contributed by atoms with van der Waals surface area (Å²) < 4.78 is 97.1. The van der Waals surface area contributed by atoms with Gasteiger partial charge in [0, 0.05) is 0 Å². The monoisotopic (exact) mass is 292 g/mol. The Morgan fingerprint density at radius 2 is 1.28 bits per heavy atom. The Kier molecular flexibility index (Phi) is 3.93. The summed E-state index contributed by atoms with van der Waals surface area (Å²) in [6.45, 7) is 0.687. The lowest BCUT2D eigenvalue weighted by atomic mass is 10.1. The minimum absolute atomic E-state index is 0.687. The molecule has 0 aromatic heterocycles. The molecule has 0 spiro atoms. The molecule has 1 atom stereocenters. The number of benzene rings is 1. The minimum Gasteiger partial charge on any atom is -0.264 e. The first-order chi connectivity index (χ1) is 8.06. The van der Waals surface area contributed by atoms with Crippen LogP contribution in [0.25, 0.3) is 0 Å². The van der Waals surface area contributed by atoms with Crippen LogP contribution in [0.5, 0.6) is 0 Å². The average Bonchev–Trinajstić information content (AvgIpc) is 2.21. The predicted octanol–water partition coefficient (Wildman–Crippen LogP) is 2.26. The molecule has 0 aliphatic heterocycles. The van der Waals surface area contributed by atoms with E-state index in [9.17, 15) is 30.4 Å². The highest BCUT2D eigenvalue weighted by atomic mass is 32.3. The number of hydrogen-bond acceptors (Lipinski definition) is 3. The number of rotatable bonds is 3. The largest absolute Gasteiger partial charge is 0.397 e. The molecule has 0 fully saturated rings. The van der Waals surface area contributed by atoms with Crippen molar-refractivity contribution in [2.24, 2.45) is 0 Å². The van der Waals surface area contributed by atoms with Crippen LogP contribution in [0.1, 0.15) is 18.6 Å². The van der Waals surface area contributed by atoms with Crippen molar-refractivity contribution in [1.29, 1.82) is 0 Å². The maximum Gasteiger partial charge on any atom is 0.397 e. The molecule has 102 valence electrons. The van der Waals surface area contributed by atoms with Crippen molar-refractivity contribution in [1.82, 2.24) is 0 Å². The van der Waals surface area contributed by atoms with E-state index in [0.29, 0.717) is 6.92 Å². The topological polar surface area (TPSA) is 63.6 Å². The van der Waals surface area contributed by atoms with E-state index >= 15 is 0 Å². The van der Waals surface area contributed by atoms with Gasteiger partial charge in [-0.15, -0.1) is 0 Å². The molecule has 0 heterocycles. The molecule has 10 heteroatoms. The molecule has 0 aliphatic carbocycles. The highest BCUT2D eigenvalue weighted by molar-refractivity contribution is 7.80. The summed E-state index contributed by atoms with van der Waals surface area (Å²) in [5.74, 6) is -11.3. The second-order valence-electron chi connectivity index (χ2n) is 3.15. The molecule has 0 aliphatic rings. The van der Waals surface area contributed by atoms with Gasteiger partial charge >= 0.3 is 10.4 Å². The van der Waals surface area contributed by atoms with Crippen molar-refractivity contribution in [2.75, 3.05) is 0 Å². The Bertz CT molecular complexity index is 557. The first-order valence-electron chi connectivity index (χ1n) is 4.23. The summed E-state index contributed by atoms with van der Waals surface area (Å²) in [6, 6.07) is 0. The van der Waals surface area contributed by atoms with Crippen LogP contribution >= 0.6 is 0 Å². The third-order valence-corrected chi connectivity index (χ3v) is 2.45. The Balaban J connectivity index is 3.42. The fraction of sp³-hybridized carbons (Fsp3) is 0.250. The molecule has 1 aromatic carbocycles. The Hall–Kier alpha value is -1.26. The average molecular weight is 292 g/mol. The second kappa shape index (κ2) is 4.78. The van der Waals surface area contributed by atoms with E-state index in [1.54, 1.807) is 0 Å². The van der Waals surface area contributed by atoms with Crippen LogP contribution < -0.4 is 0 Å². The molecule has 18 heavy (non-hydrogen) atoms. The van der Waals surface area contributed by atoms with E-state index in [0.717, 1.165) is 0 Å². The Morgan fingerprint density at radius 3 is 1.61 bits per heavy atom. The smallest absolute Gasteiger partial charge is 0.264 e. The fourth-order valence-corrected chi connectivity index (χ4v) is 1.67. The molecular weight excluding hydrogens is 287 g/mol. The minimum atomic E-state index is -5.11. The SMILES string of the molecule is CC(OS(=O)(=O)O)c1c(F)c(F)c(F)c(F)c1F. The van der Waals surface area contributed by atoms with E-state index in [1.165, 1.54) is 0 Å². The zero-order valence-electron chi connectivity index (χ0n) is 8.55. The normalized spacial score (nSPS) is 13.7. The van der Waals surface area contributed by atoms with E-state index in [1.807, 2.05) is 0 Å². The third kappa shape index (κ3) is 2.76. The van der Waals surface area contributed by atoms with Gasteiger partial charge in [0.1, 0.15) is 6.10 Å². The molecule has 0 saturated carbocycles. The van der Waals surface area contributed by atoms with Crippen LogP contribution in [-0.2, 0) is 14.6 Å². The van der Waals surface area contributed by atoms with Crippen molar-refractivity contribution < 1.29 is 39.1 Å². The van der Waals surface area contributed by atoms with E-state index in [4.69, 9.17) is 4.55 Å². The van der Waals surface area contributed by atoms with Crippen molar-refractivity contribution in [3.05, 3.63) is 34.6 Å². The maximum atomic E-state index is 13.2. The van der Waals surface area contributed by atoms with E-state index in [2.05, 4.69) is 4.18 Å². The van der Waals surface area contributed by atoms with E-state index < -0.39 is 51.2 Å². The quantitative estimate of drug-likeness (QED) is 0.402. The van der Waals surface area contributed by atoms with Gasteiger partial charge in [-0.25, -0.2) is 26.1 Å². The van der Waals surface area contributed by atoms with Gasteiger partial charge in [0.15, 0.2) is 23.3 Å². The van der Waals surface area contributed by atoms with Crippen LogP contribution in [-0.4, -0.2) is 13.0 Å². The lowest BCUT2D eigenvalue weighted by Gasteiger charge is -2.13. The Morgan fingerprint density at radius 1 is 0.944 bits per heavy atom. The summed E-state index contributed by atoms with van der Waals surface area (Å²) >= 11 is 0. The first-order valence-corrected chi connectivity index (χ1v) is 5.59. The number of halogens is 5. The number of hydrogen-bond donors (Lipinski definition) is 1. The standard InChI is InChI=1S/C8H5F5O4S/c1-2(17-18(14,15)16)3-4(9)6(11)8(13)7(12)5(3)10/h2H,1H3,(H,14,15,16). The van der Waals surface area contributed by atoms with Gasteiger partial charge in [-0.2, -0.15) is 8.42 Å². The Labute approximate surface area is 97.9 Å². The van der Waals surface area contributed by atoms with Gasteiger partial charge in [0.2, 0.25) is 5.82 Å². The van der Waals surface area contributed by atoms with Gasteiger partial charge in [0.05, 0.1) is 5.56 Å². The molecule has 0 saturated heterocycles. The lowest BCUT2D eigenvalue weighted by molar-refractivity contribution is 0.188.